The van der Waals surface area contributed by atoms with Gasteiger partial charge in [0.15, 0.2) is 0 Å². The number of carbonyl (C=O) groups excluding carboxylic acids is 5. The van der Waals surface area contributed by atoms with Gasteiger partial charge < -0.3 is 25.8 Å². The third-order valence-corrected chi connectivity index (χ3v) is 12.5. The van der Waals surface area contributed by atoms with Crippen LogP contribution in [0, 0.1) is 17.8 Å². The van der Waals surface area contributed by atoms with Crippen LogP contribution in [-0.2, 0) is 14.4 Å². The Morgan fingerprint density at radius 1 is 0.446 bits per heavy atom. The maximum atomic E-state index is 13.9. The van der Waals surface area contributed by atoms with E-state index in [1.807, 2.05) is 54.6 Å². The van der Waals surface area contributed by atoms with Crippen LogP contribution in [0.3, 0.4) is 0 Å². The van der Waals surface area contributed by atoms with Crippen molar-refractivity contribution in [1.82, 2.24) is 25.8 Å². The second kappa shape index (κ2) is 15.0. The third-order valence-electron chi connectivity index (χ3n) is 12.5. The Morgan fingerprint density at radius 3 is 1.23 bits per heavy atom. The van der Waals surface area contributed by atoms with Crippen molar-refractivity contribution in [2.24, 2.45) is 17.8 Å². The highest BCUT2D eigenvalue weighted by Crippen LogP contribution is 2.43. The van der Waals surface area contributed by atoms with Crippen LogP contribution in [0.4, 0.5) is 0 Å². The summed E-state index contributed by atoms with van der Waals surface area (Å²) >= 11 is 0. The van der Waals surface area contributed by atoms with Gasteiger partial charge in [-0.15, -0.1) is 0 Å². The SMILES string of the molecule is O=C(N[C@H]1C[C@@H]1c1ccccc1)[C@H]1CCN(C(=O)c2ccc(C(=O)N3C[C@@H](C(=O)N[C@H]4C[C@@H]4c4ccccc4)[C@H](C(=O)N[C@H]4C[C@@H]4c4ccccc4)C3)cc2)C1. The fraction of sp³-hybridized carbons (Fsp3) is 0.370. The van der Waals surface area contributed by atoms with Crippen LogP contribution in [0.5, 0.6) is 0 Å². The van der Waals surface area contributed by atoms with Crippen molar-refractivity contribution in [3.05, 3.63) is 143 Å². The van der Waals surface area contributed by atoms with E-state index < -0.39 is 11.8 Å². The topological polar surface area (TPSA) is 128 Å². The normalized spacial score (nSPS) is 28.6. The molecule has 2 saturated heterocycles. The molecule has 286 valence electrons. The summed E-state index contributed by atoms with van der Waals surface area (Å²) in [6.07, 6.45) is 3.22. The first-order chi connectivity index (χ1) is 27.3. The molecule has 4 aromatic carbocycles. The smallest absolute Gasteiger partial charge is 0.253 e. The molecule has 3 aliphatic carbocycles. The van der Waals surface area contributed by atoms with Gasteiger partial charge in [0.25, 0.3) is 11.8 Å². The predicted octanol–water partition coefficient (Wildman–Crippen LogP) is 4.85. The van der Waals surface area contributed by atoms with Crippen molar-refractivity contribution >= 4 is 29.5 Å². The van der Waals surface area contributed by atoms with Crippen molar-refractivity contribution in [3.8, 4) is 0 Å². The zero-order valence-corrected chi connectivity index (χ0v) is 31.3. The first kappa shape index (κ1) is 35.9. The first-order valence-corrected chi connectivity index (χ1v) is 20.1. The highest BCUT2D eigenvalue weighted by Gasteiger charge is 2.49. The highest BCUT2D eigenvalue weighted by atomic mass is 16.2. The van der Waals surface area contributed by atoms with Crippen LogP contribution >= 0.6 is 0 Å². The van der Waals surface area contributed by atoms with E-state index >= 15 is 0 Å². The molecule has 5 aliphatic rings. The molecule has 5 fully saturated rings. The molecule has 4 aromatic rings. The van der Waals surface area contributed by atoms with Gasteiger partial charge in [-0.1, -0.05) is 91.0 Å². The Labute approximate surface area is 327 Å². The van der Waals surface area contributed by atoms with Crippen LogP contribution in [0.15, 0.2) is 115 Å². The van der Waals surface area contributed by atoms with E-state index in [2.05, 4.69) is 52.3 Å². The van der Waals surface area contributed by atoms with Crippen LogP contribution in [0.1, 0.15) is 80.8 Å². The summed E-state index contributed by atoms with van der Waals surface area (Å²) in [4.78, 5) is 71.4. The lowest BCUT2D eigenvalue weighted by atomic mass is 9.94. The van der Waals surface area contributed by atoms with Gasteiger partial charge >= 0.3 is 0 Å². The van der Waals surface area contributed by atoms with Gasteiger partial charge in [0, 0.05) is 73.2 Å². The van der Waals surface area contributed by atoms with Gasteiger partial charge in [-0.25, -0.2) is 0 Å². The zero-order chi connectivity index (χ0) is 38.3. The minimum absolute atomic E-state index is 0.000184. The van der Waals surface area contributed by atoms with Gasteiger partial charge in [0.2, 0.25) is 17.7 Å². The summed E-state index contributed by atoms with van der Waals surface area (Å²) in [5.41, 5.74) is 4.42. The summed E-state index contributed by atoms with van der Waals surface area (Å²) in [6.45, 7) is 1.10. The van der Waals surface area contributed by atoms with Crippen molar-refractivity contribution in [2.45, 2.75) is 61.6 Å². The quantitative estimate of drug-likeness (QED) is 0.202. The fourth-order valence-electron chi connectivity index (χ4n) is 8.93. The minimum Gasteiger partial charge on any atom is -0.352 e. The largest absolute Gasteiger partial charge is 0.352 e. The molecule has 0 aromatic heterocycles. The van der Waals surface area contributed by atoms with Crippen LogP contribution in [0.25, 0.3) is 0 Å². The number of carbonyl (C=O) groups is 5. The molecule has 3 saturated carbocycles. The second-order valence-corrected chi connectivity index (χ2v) is 16.3. The Bertz CT molecular complexity index is 2040. The summed E-state index contributed by atoms with van der Waals surface area (Å²) in [5.74, 6) is -1.67. The van der Waals surface area contributed by atoms with Gasteiger partial charge in [0.1, 0.15) is 0 Å². The number of hydrogen-bond donors (Lipinski definition) is 3. The second-order valence-electron chi connectivity index (χ2n) is 16.3. The molecule has 9 atom stereocenters. The first-order valence-electron chi connectivity index (χ1n) is 20.1. The van der Waals surface area contributed by atoms with E-state index in [1.165, 1.54) is 16.7 Å². The molecule has 10 nitrogen and oxygen atoms in total. The lowest BCUT2D eigenvalue weighted by Gasteiger charge is -2.18. The van der Waals surface area contributed by atoms with E-state index in [1.54, 1.807) is 34.1 Å². The van der Waals surface area contributed by atoms with Gasteiger partial charge in [-0.05, 0) is 66.6 Å². The molecule has 0 unspecified atom stereocenters. The molecule has 2 aliphatic heterocycles. The molecular formula is C46H47N5O5. The highest BCUT2D eigenvalue weighted by molar-refractivity contribution is 5.99. The number of hydrogen-bond acceptors (Lipinski definition) is 5. The molecular weight excluding hydrogens is 703 g/mol. The molecule has 5 amide bonds. The molecule has 3 N–H and O–H groups in total. The third kappa shape index (κ3) is 7.57. The number of amides is 5. The molecule has 0 radical (unpaired) electrons. The zero-order valence-electron chi connectivity index (χ0n) is 31.3. The number of nitrogens with one attached hydrogen (secondary N) is 3. The molecule has 9 rings (SSSR count). The number of rotatable bonds is 11. The summed E-state index contributed by atoms with van der Waals surface area (Å²) in [6, 6.07) is 37.1. The lowest BCUT2D eigenvalue weighted by molar-refractivity contribution is -0.133. The summed E-state index contributed by atoms with van der Waals surface area (Å²) < 4.78 is 0. The fourth-order valence-corrected chi connectivity index (χ4v) is 8.93. The monoisotopic (exact) mass is 749 g/mol. The van der Waals surface area contributed by atoms with Crippen molar-refractivity contribution in [3.63, 3.8) is 0 Å². The maximum absolute atomic E-state index is 13.9. The van der Waals surface area contributed by atoms with E-state index in [9.17, 15) is 24.0 Å². The van der Waals surface area contributed by atoms with E-state index in [0.29, 0.717) is 36.6 Å². The summed E-state index contributed by atoms with van der Waals surface area (Å²) in [7, 11) is 0. The Hall–Kier alpha value is -5.77. The van der Waals surface area contributed by atoms with Gasteiger partial charge in [-0.3, -0.25) is 24.0 Å². The molecule has 2 heterocycles. The lowest BCUT2D eigenvalue weighted by Crippen LogP contribution is -2.43. The average Bonchev–Trinajstić information content (AvgIpc) is 4.20. The predicted molar refractivity (Wildman–Crippen MR) is 211 cm³/mol. The van der Waals surface area contributed by atoms with E-state index in [-0.39, 0.29) is 78.5 Å². The van der Waals surface area contributed by atoms with E-state index in [0.717, 1.165) is 19.3 Å². The van der Waals surface area contributed by atoms with Gasteiger partial charge in [0.05, 0.1) is 17.8 Å². The van der Waals surface area contributed by atoms with Crippen molar-refractivity contribution < 1.29 is 24.0 Å². The average molecular weight is 750 g/mol. The van der Waals surface area contributed by atoms with Crippen LogP contribution < -0.4 is 16.0 Å². The maximum Gasteiger partial charge on any atom is 0.253 e. The molecule has 0 spiro atoms. The summed E-state index contributed by atoms with van der Waals surface area (Å²) in [5, 5.41) is 9.55. The number of benzene rings is 4. The van der Waals surface area contributed by atoms with Crippen molar-refractivity contribution in [1.29, 1.82) is 0 Å². The molecule has 0 bridgehead atoms. The molecule has 56 heavy (non-hydrogen) atoms. The van der Waals surface area contributed by atoms with Gasteiger partial charge in [-0.2, -0.15) is 0 Å². The van der Waals surface area contributed by atoms with E-state index in [4.69, 9.17) is 0 Å². The van der Waals surface area contributed by atoms with Crippen molar-refractivity contribution in [2.75, 3.05) is 26.2 Å². The Balaban J connectivity index is 0.818. The Morgan fingerprint density at radius 2 is 0.821 bits per heavy atom. The van der Waals surface area contributed by atoms with Crippen LogP contribution in [-0.4, -0.2) is 83.6 Å². The standard InChI is InChI=1S/C46H47N5O5/c52-42(47-39-22-34(39)28-10-4-1-5-11-28)33-20-21-50(25-33)45(55)31-16-18-32(19-17-31)46(56)51-26-37(43(53)48-40-23-35(40)29-12-6-2-7-13-29)38(27-51)44(54)49-41-24-36(41)30-14-8-3-9-15-30/h1-19,33-41H,20-27H2,(H,47,52)(H,48,53)(H,49,54)/t33-,34+,35+,36+,37+,38+,39-,40-,41-/m0/s1. The molecule has 10 heteroatoms. The van der Waals surface area contributed by atoms with Crippen LogP contribution in [0.2, 0.25) is 0 Å². The Kier molecular flexibility index (Phi) is 9.65. The number of likely N-dealkylation sites (tertiary alicyclic amines) is 2. The minimum atomic E-state index is -0.685. The number of nitrogens with zero attached hydrogens (tertiary/aromatic N) is 2.